The number of rotatable bonds is 7. The molecule has 0 spiro atoms. The largest absolute Gasteiger partial charge is 0.383 e. The second kappa shape index (κ2) is 8.64. The molecule has 7 nitrogen and oxygen atoms in total. The van der Waals surface area contributed by atoms with Gasteiger partial charge < -0.3 is 19.9 Å². The lowest BCUT2D eigenvalue weighted by atomic mass is 10.3. The summed E-state index contributed by atoms with van der Waals surface area (Å²) in [5, 5.41) is 16.9. The number of methoxy groups -OCH3 is 1. The molecule has 0 atom stereocenters. The van der Waals surface area contributed by atoms with Crippen molar-refractivity contribution in [3.8, 4) is 0 Å². The van der Waals surface area contributed by atoms with Gasteiger partial charge in [0.15, 0.2) is 11.8 Å². The van der Waals surface area contributed by atoms with Crippen LogP contribution in [-0.4, -0.2) is 41.0 Å². The smallest absolute Gasteiger partial charge is 0.192 e. The van der Waals surface area contributed by atoms with Crippen LogP contribution in [0.25, 0.3) is 0 Å². The number of thiophene rings is 1. The first-order valence-electron chi connectivity index (χ1n) is 7.50. The van der Waals surface area contributed by atoms with Crippen molar-refractivity contribution in [1.82, 2.24) is 25.4 Å². The summed E-state index contributed by atoms with van der Waals surface area (Å²) in [7, 11) is 3.63. The van der Waals surface area contributed by atoms with Crippen LogP contribution in [0, 0.1) is 13.8 Å². The molecule has 126 valence electrons. The fraction of sp³-hybridized carbons (Fsp3) is 0.533. The van der Waals surface area contributed by atoms with Crippen molar-refractivity contribution in [3.05, 3.63) is 33.5 Å². The lowest BCUT2D eigenvalue weighted by Gasteiger charge is -2.12. The van der Waals surface area contributed by atoms with Crippen LogP contribution < -0.4 is 10.6 Å². The van der Waals surface area contributed by atoms with E-state index in [4.69, 9.17) is 4.74 Å². The van der Waals surface area contributed by atoms with Crippen molar-refractivity contribution in [2.24, 2.45) is 12.0 Å². The Labute approximate surface area is 140 Å². The summed E-state index contributed by atoms with van der Waals surface area (Å²) in [5.74, 6) is 2.46. The van der Waals surface area contributed by atoms with Crippen LogP contribution in [0.15, 0.2) is 16.4 Å². The highest BCUT2D eigenvalue weighted by Crippen LogP contribution is 2.14. The molecule has 2 heterocycles. The van der Waals surface area contributed by atoms with Crippen molar-refractivity contribution in [1.29, 1.82) is 0 Å². The Morgan fingerprint density at radius 2 is 2.17 bits per heavy atom. The van der Waals surface area contributed by atoms with Gasteiger partial charge in [-0.2, -0.15) is 0 Å². The van der Waals surface area contributed by atoms with Gasteiger partial charge in [-0.1, -0.05) is 0 Å². The molecule has 23 heavy (non-hydrogen) atoms. The molecule has 0 aliphatic carbocycles. The highest BCUT2D eigenvalue weighted by Gasteiger charge is 2.06. The topological polar surface area (TPSA) is 76.4 Å². The zero-order valence-corrected chi connectivity index (χ0v) is 14.9. The molecule has 2 rings (SSSR count). The van der Waals surface area contributed by atoms with E-state index in [1.54, 1.807) is 18.4 Å². The summed E-state index contributed by atoms with van der Waals surface area (Å²) < 4.78 is 7.02. The van der Waals surface area contributed by atoms with Gasteiger partial charge in [-0.3, -0.25) is 0 Å². The predicted octanol–water partition coefficient (Wildman–Crippen LogP) is 1.38. The Morgan fingerprint density at radius 3 is 2.78 bits per heavy atom. The lowest BCUT2D eigenvalue weighted by Crippen LogP contribution is -2.38. The monoisotopic (exact) mass is 336 g/mol. The number of ether oxygens (including phenoxy) is 1. The van der Waals surface area contributed by atoms with Gasteiger partial charge in [0, 0.05) is 25.6 Å². The van der Waals surface area contributed by atoms with Crippen LogP contribution in [0.1, 0.15) is 22.1 Å². The number of hydrogen-bond donors (Lipinski definition) is 2. The molecule has 0 unspecified atom stereocenters. The number of guanidine groups is 1. The van der Waals surface area contributed by atoms with Crippen molar-refractivity contribution in [2.75, 3.05) is 20.3 Å². The maximum Gasteiger partial charge on any atom is 0.192 e. The minimum atomic E-state index is 0.475. The molecular formula is C15H24N6OS. The SMILES string of the molecule is COCCNC(=NCc1nnc(C)n1C)NCc1sccc1C. The molecule has 0 saturated heterocycles. The van der Waals surface area contributed by atoms with E-state index in [2.05, 4.69) is 44.2 Å². The fourth-order valence-electron chi connectivity index (χ4n) is 1.93. The minimum absolute atomic E-state index is 0.475. The van der Waals surface area contributed by atoms with Gasteiger partial charge in [-0.15, -0.1) is 21.5 Å². The van der Waals surface area contributed by atoms with Crippen LogP contribution in [0.4, 0.5) is 0 Å². The summed E-state index contributed by atoms with van der Waals surface area (Å²) in [6, 6.07) is 2.12. The molecule has 8 heteroatoms. The molecule has 0 radical (unpaired) electrons. The summed E-state index contributed by atoms with van der Waals surface area (Å²) >= 11 is 1.74. The van der Waals surface area contributed by atoms with Gasteiger partial charge in [0.05, 0.1) is 13.2 Å². The van der Waals surface area contributed by atoms with E-state index in [0.717, 1.165) is 24.2 Å². The average molecular weight is 336 g/mol. The van der Waals surface area contributed by atoms with Crippen LogP contribution in [0.5, 0.6) is 0 Å². The fourth-order valence-corrected chi connectivity index (χ4v) is 2.78. The second-order valence-electron chi connectivity index (χ2n) is 5.19. The summed E-state index contributed by atoms with van der Waals surface area (Å²) in [5.41, 5.74) is 1.29. The van der Waals surface area contributed by atoms with Gasteiger partial charge in [-0.05, 0) is 30.9 Å². The molecule has 0 saturated carbocycles. The standard InChI is InChI=1S/C15H24N6OS/c1-11-5-8-23-13(11)9-17-15(16-6-7-22-4)18-10-14-20-19-12(2)21(14)3/h5,8H,6-7,9-10H2,1-4H3,(H2,16,17,18). The van der Waals surface area contributed by atoms with Gasteiger partial charge in [0.25, 0.3) is 0 Å². The maximum atomic E-state index is 5.08. The summed E-state index contributed by atoms with van der Waals surface area (Å²) in [6.07, 6.45) is 0. The van der Waals surface area contributed by atoms with E-state index in [1.807, 2.05) is 18.5 Å². The van der Waals surface area contributed by atoms with Crippen molar-refractivity contribution < 1.29 is 4.74 Å². The van der Waals surface area contributed by atoms with E-state index in [9.17, 15) is 0 Å². The average Bonchev–Trinajstić information content (AvgIpc) is 3.09. The normalized spacial score (nSPS) is 11.7. The third-order valence-corrected chi connectivity index (χ3v) is 4.57. The first kappa shape index (κ1) is 17.4. The molecule has 0 aliphatic heterocycles. The van der Waals surface area contributed by atoms with Crippen molar-refractivity contribution in [3.63, 3.8) is 0 Å². The molecule has 0 aromatic carbocycles. The zero-order valence-electron chi connectivity index (χ0n) is 14.1. The van der Waals surface area contributed by atoms with Crippen molar-refractivity contribution in [2.45, 2.75) is 26.9 Å². The third kappa shape index (κ3) is 5.04. The van der Waals surface area contributed by atoms with Crippen LogP contribution in [-0.2, 0) is 24.9 Å². The van der Waals surface area contributed by atoms with Crippen molar-refractivity contribution >= 4 is 17.3 Å². The molecule has 0 amide bonds. The molecular weight excluding hydrogens is 312 g/mol. The van der Waals surface area contributed by atoms with Crippen LogP contribution in [0.3, 0.4) is 0 Å². The van der Waals surface area contributed by atoms with E-state index >= 15 is 0 Å². The molecule has 0 aliphatic rings. The Hall–Kier alpha value is -1.93. The molecule has 0 fully saturated rings. The maximum absolute atomic E-state index is 5.08. The van der Waals surface area contributed by atoms with Gasteiger partial charge >= 0.3 is 0 Å². The van der Waals surface area contributed by atoms with Gasteiger partial charge in [-0.25, -0.2) is 4.99 Å². The minimum Gasteiger partial charge on any atom is -0.383 e. The van der Waals surface area contributed by atoms with Crippen LogP contribution >= 0.6 is 11.3 Å². The quantitative estimate of drug-likeness (QED) is 0.454. The number of aromatic nitrogens is 3. The molecule has 2 N–H and O–H groups in total. The number of aliphatic imine (C=N–C) groups is 1. The number of nitrogens with one attached hydrogen (secondary N) is 2. The zero-order chi connectivity index (χ0) is 16.7. The predicted molar refractivity (Wildman–Crippen MR) is 92.7 cm³/mol. The summed E-state index contributed by atoms with van der Waals surface area (Å²) in [4.78, 5) is 5.90. The van der Waals surface area contributed by atoms with E-state index in [1.165, 1.54) is 10.4 Å². The van der Waals surface area contributed by atoms with E-state index in [0.29, 0.717) is 19.7 Å². The number of hydrogen-bond acceptors (Lipinski definition) is 5. The molecule has 0 bridgehead atoms. The Kier molecular flexibility index (Phi) is 6.54. The van der Waals surface area contributed by atoms with E-state index in [-0.39, 0.29) is 0 Å². The van der Waals surface area contributed by atoms with Gasteiger partial charge in [0.1, 0.15) is 12.4 Å². The highest BCUT2D eigenvalue weighted by atomic mass is 32.1. The second-order valence-corrected chi connectivity index (χ2v) is 6.19. The van der Waals surface area contributed by atoms with Gasteiger partial charge in [0.2, 0.25) is 0 Å². The number of nitrogens with zero attached hydrogens (tertiary/aromatic N) is 4. The Morgan fingerprint density at radius 1 is 1.35 bits per heavy atom. The summed E-state index contributed by atoms with van der Waals surface area (Å²) in [6.45, 7) is 6.59. The lowest BCUT2D eigenvalue weighted by molar-refractivity contribution is 0.203. The third-order valence-electron chi connectivity index (χ3n) is 3.54. The first-order valence-corrected chi connectivity index (χ1v) is 8.38. The molecule has 2 aromatic heterocycles. The Bertz CT molecular complexity index is 648. The Balaban J connectivity index is 1.99. The molecule has 2 aromatic rings. The van der Waals surface area contributed by atoms with E-state index < -0.39 is 0 Å². The van der Waals surface area contributed by atoms with Crippen LogP contribution in [0.2, 0.25) is 0 Å². The first-order chi connectivity index (χ1) is 11.1. The highest BCUT2D eigenvalue weighted by molar-refractivity contribution is 7.10. The number of aryl methyl sites for hydroxylation is 2.